The minimum Gasteiger partial charge on any atom is -0.507 e. The molecule has 0 saturated carbocycles. The number of carbonyl (C=O) groups excluding carboxylic acids is 3. The zero-order valence-corrected chi connectivity index (χ0v) is 17.0. The smallest absolute Gasteiger partial charge is 0.342 e. The zero-order valence-electron chi connectivity index (χ0n) is 16.2. The normalized spacial score (nSPS) is 13.8. The Kier molecular flexibility index (Phi) is 6.56. The first-order valence-corrected chi connectivity index (χ1v) is 9.63. The monoisotopic (exact) mass is 434 g/mol. The number of ketones is 1. The van der Waals surface area contributed by atoms with Crippen LogP contribution in [0.25, 0.3) is 0 Å². The van der Waals surface area contributed by atoms with E-state index in [-0.39, 0.29) is 22.1 Å². The fraction of sp³-hybridized carbons (Fsp3) is 0.286. The Balaban J connectivity index is 1.53. The number of phenols is 1. The highest BCUT2D eigenvalue weighted by Crippen LogP contribution is 2.23. The van der Waals surface area contributed by atoms with E-state index in [9.17, 15) is 23.9 Å². The van der Waals surface area contributed by atoms with E-state index in [1.165, 1.54) is 36.1 Å². The quantitative estimate of drug-likeness (QED) is 0.575. The second kappa shape index (κ2) is 9.13. The van der Waals surface area contributed by atoms with Crippen LogP contribution in [0.5, 0.6) is 5.75 Å². The van der Waals surface area contributed by atoms with Gasteiger partial charge in [0.15, 0.2) is 12.4 Å². The molecule has 2 aromatic rings. The molecule has 0 spiro atoms. The summed E-state index contributed by atoms with van der Waals surface area (Å²) in [5.74, 6) is -2.23. The number of phenolic OH excluding ortho intramolecular Hbond substituents is 1. The maximum Gasteiger partial charge on any atom is 0.342 e. The van der Waals surface area contributed by atoms with Crippen molar-refractivity contribution in [3.63, 3.8) is 0 Å². The van der Waals surface area contributed by atoms with Gasteiger partial charge < -0.3 is 19.6 Å². The van der Waals surface area contributed by atoms with Crippen LogP contribution in [0.1, 0.15) is 27.6 Å². The number of benzene rings is 2. The lowest BCUT2D eigenvalue weighted by atomic mass is 10.1. The van der Waals surface area contributed by atoms with Gasteiger partial charge in [-0.15, -0.1) is 0 Å². The van der Waals surface area contributed by atoms with Crippen LogP contribution in [0.2, 0.25) is 5.02 Å². The molecule has 0 bridgehead atoms. The molecule has 1 heterocycles. The molecule has 1 amide bonds. The zero-order chi connectivity index (χ0) is 21.8. The van der Waals surface area contributed by atoms with Crippen LogP contribution in [0.3, 0.4) is 0 Å². The number of nitrogens with zero attached hydrogens (tertiary/aromatic N) is 2. The molecule has 30 heavy (non-hydrogen) atoms. The van der Waals surface area contributed by atoms with E-state index in [1.54, 1.807) is 17.0 Å². The Morgan fingerprint density at radius 1 is 1.10 bits per heavy atom. The van der Waals surface area contributed by atoms with Gasteiger partial charge in [-0.25, -0.2) is 9.18 Å². The van der Waals surface area contributed by atoms with Gasteiger partial charge in [-0.1, -0.05) is 11.6 Å². The molecule has 1 N–H and O–H groups in total. The van der Waals surface area contributed by atoms with Crippen LogP contribution in [-0.4, -0.2) is 60.5 Å². The van der Waals surface area contributed by atoms with Gasteiger partial charge in [0, 0.05) is 36.8 Å². The summed E-state index contributed by atoms with van der Waals surface area (Å²) in [6.07, 6.45) is 0. The molecule has 0 atom stereocenters. The first-order chi connectivity index (χ1) is 14.3. The Morgan fingerprint density at radius 3 is 2.43 bits per heavy atom. The van der Waals surface area contributed by atoms with Crippen molar-refractivity contribution >= 4 is 34.9 Å². The van der Waals surface area contributed by atoms with Crippen molar-refractivity contribution < 1.29 is 28.6 Å². The molecule has 2 aromatic carbocycles. The fourth-order valence-corrected chi connectivity index (χ4v) is 3.32. The topological polar surface area (TPSA) is 87.2 Å². The third-order valence-electron chi connectivity index (χ3n) is 4.83. The molecule has 0 radical (unpaired) electrons. The number of hydrogen-bond donors (Lipinski definition) is 1. The van der Waals surface area contributed by atoms with E-state index in [0.717, 1.165) is 0 Å². The summed E-state index contributed by atoms with van der Waals surface area (Å²) in [5.41, 5.74) is 0.553. The second-order valence-corrected chi connectivity index (χ2v) is 7.26. The summed E-state index contributed by atoms with van der Waals surface area (Å²) in [6, 6.07) is 8.29. The van der Waals surface area contributed by atoms with Crippen LogP contribution < -0.4 is 4.90 Å². The third-order valence-corrected chi connectivity index (χ3v) is 5.07. The molecule has 1 fully saturated rings. The van der Waals surface area contributed by atoms with Crippen molar-refractivity contribution in [2.24, 2.45) is 0 Å². The van der Waals surface area contributed by atoms with E-state index in [1.807, 2.05) is 0 Å². The van der Waals surface area contributed by atoms with E-state index in [4.69, 9.17) is 16.3 Å². The number of ether oxygens (including phenoxy) is 1. The van der Waals surface area contributed by atoms with Gasteiger partial charge in [0.2, 0.25) is 0 Å². The molecule has 0 aromatic heterocycles. The molecule has 3 rings (SSSR count). The number of rotatable bonds is 5. The number of carbonyl (C=O) groups is 3. The Labute approximate surface area is 177 Å². The van der Waals surface area contributed by atoms with E-state index in [0.29, 0.717) is 37.4 Å². The average molecular weight is 435 g/mol. The molecule has 1 saturated heterocycles. The first kappa shape index (κ1) is 21.6. The van der Waals surface area contributed by atoms with Crippen molar-refractivity contribution in [3.8, 4) is 5.75 Å². The minimum atomic E-state index is -0.852. The van der Waals surface area contributed by atoms with Crippen LogP contribution in [0, 0.1) is 5.82 Å². The Hall–Kier alpha value is -3.13. The van der Waals surface area contributed by atoms with E-state index >= 15 is 0 Å². The van der Waals surface area contributed by atoms with Gasteiger partial charge in [-0.3, -0.25) is 9.59 Å². The first-order valence-electron chi connectivity index (χ1n) is 9.25. The van der Waals surface area contributed by atoms with Crippen molar-refractivity contribution in [2.75, 3.05) is 37.7 Å². The molecule has 7 nitrogen and oxygen atoms in total. The molecule has 158 valence electrons. The lowest BCUT2D eigenvalue weighted by Crippen LogP contribution is -2.50. The van der Waals surface area contributed by atoms with Crippen LogP contribution >= 0.6 is 11.6 Å². The van der Waals surface area contributed by atoms with Gasteiger partial charge in [0.25, 0.3) is 5.91 Å². The lowest BCUT2D eigenvalue weighted by Gasteiger charge is -2.36. The number of esters is 1. The molecular formula is C21H20ClFN2O5. The van der Waals surface area contributed by atoms with E-state index < -0.39 is 24.3 Å². The summed E-state index contributed by atoms with van der Waals surface area (Å²) in [7, 11) is 0. The Morgan fingerprint density at radius 2 is 1.80 bits per heavy atom. The predicted molar refractivity (Wildman–Crippen MR) is 109 cm³/mol. The predicted octanol–water partition coefficient (Wildman–Crippen LogP) is 2.89. The lowest BCUT2D eigenvalue weighted by molar-refractivity contribution is -0.134. The van der Waals surface area contributed by atoms with Crippen LogP contribution in [0.4, 0.5) is 10.1 Å². The third kappa shape index (κ3) is 4.88. The minimum absolute atomic E-state index is 0.121. The number of hydrogen-bond acceptors (Lipinski definition) is 6. The SMILES string of the molecule is CC(=O)c1ccc(N2CCN(C(=O)COC(=O)c3cc(Cl)ccc3O)CC2)c(F)c1. The molecule has 0 aliphatic carbocycles. The van der Waals surface area contributed by atoms with Gasteiger partial charge >= 0.3 is 5.97 Å². The maximum absolute atomic E-state index is 14.3. The summed E-state index contributed by atoms with van der Waals surface area (Å²) < 4.78 is 19.3. The second-order valence-electron chi connectivity index (χ2n) is 6.83. The number of Topliss-reactive ketones (excluding diaryl/α,β-unsaturated/α-hetero) is 1. The standard InChI is InChI=1S/C21H20ClFN2O5/c1-13(26)14-2-4-18(17(23)10-14)24-6-8-25(9-7-24)20(28)12-30-21(29)16-11-15(22)3-5-19(16)27/h2-5,10-11,27H,6-9,12H2,1H3. The van der Waals surface area contributed by atoms with Gasteiger partial charge in [0.05, 0.1) is 5.69 Å². The highest BCUT2D eigenvalue weighted by molar-refractivity contribution is 6.31. The summed E-state index contributed by atoms with van der Waals surface area (Å²) in [4.78, 5) is 39.1. The number of anilines is 1. The van der Waals surface area contributed by atoms with Gasteiger partial charge in [-0.05, 0) is 43.3 Å². The van der Waals surface area contributed by atoms with Crippen molar-refractivity contribution in [2.45, 2.75) is 6.92 Å². The highest BCUT2D eigenvalue weighted by Gasteiger charge is 2.24. The number of amides is 1. The summed E-state index contributed by atoms with van der Waals surface area (Å²) >= 11 is 5.80. The fourth-order valence-electron chi connectivity index (χ4n) is 3.15. The Bertz CT molecular complexity index is 989. The maximum atomic E-state index is 14.3. The van der Waals surface area contributed by atoms with Gasteiger partial charge in [0.1, 0.15) is 17.1 Å². The molecular weight excluding hydrogens is 415 g/mol. The van der Waals surface area contributed by atoms with Crippen molar-refractivity contribution in [1.29, 1.82) is 0 Å². The molecule has 0 unspecified atom stereocenters. The van der Waals surface area contributed by atoms with Crippen LogP contribution in [-0.2, 0) is 9.53 Å². The summed E-state index contributed by atoms with van der Waals surface area (Å²) in [6.45, 7) is 2.33. The number of aromatic hydroxyl groups is 1. The van der Waals surface area contributed by atoms with Gasteiger partial charge in [-0.2, -0.15) is 0 Å². The number of halogens is 2. The molecule has 1 aliphatic rings. The molecule has 9 heteroatoms. The van der Waals surface area contributed by atoms with E-state index in [2.05, 4.69) is 0 Å². The number of piperazine rings is 1. The largest absolute Gasteiger partial charge is 0.507 e. The average Bonchev–Trinajstić information content (AvgIpc) is 2.73. The van der Waals surface area contributed by atoms with Crippen LogP contribution in [0.15, 0.2) is 36.4 Å². The summed E-state index contributed by atoms with van der Waals surface area (Å²) in [5, 5.41) is 9.97. The van der Waals surface area contributed by atoms with Crippen molar-refractivity contribution in [1.82, 2.24) is 4.90 Å². The highest BCUT2D eigenvalue weighted by atomic mass is 35.5. The van der Waals surface area contributed by atoms with Crippen molar-refractivity contribution in [3.05, 3.63) is 58.4 Å². The molecule has 1 aliphatic heterocycles.